The van der Waals surface area contributed by atoms with Crippen LogP contribution in [0, 0.1) is 0 Å². The first-order valence-corrected chi connectivity index (χ1v) is 6.32. The molecule has 1 aromatic carbocycles. The Morgan fingerprint density at radius 2 is 2.26 bits per heavy atom. The van der Waals surface area contributed by atoms with Gasteiger partial charge in [0, 0.05) is 25.6 Å². The lowest BCUT2D eigenvalue weighted by molar-refractivity contribution is 0.0239. The van der Waals surface area contributed by atoms with E-state index in [2.05, 4.69) is 5.32 Å². The van der Waals surface area contributed by atoms with Crippen molar-refractivity contribution < 1.29 is 19.0 Å². The minimum absolute atomic E-state index is 0.0215. The lowest BCUT2D eigenvalue weighted by atomic mass is 10.0. The van der Waals surface area contributed by atoms with Crippen LogP contribution < -0.4 is 14.8 Å². The first-order valence-electron chi connectivity index (χ1n) is 6.32. The van der Waals surface area contributed by atoms with Crippen molar-refractivity contribution in [1.29, 1.82) is 0 Å². The number of Topliss-reactive ketones (excluding diaryl/α,β-unsaturated/α-hetero) is 1. The van der Waals surface area contributed by atoms with Crippen molar-refractivity contribution in [3.63, 3.8) is 0 Å². The molecule has 1 fully saturated rings. The summed E-state index contributed by atoms with van der Waals surface area (Å²) in [5, 5.41) is 3.21. The van der Waals surface area contributed by atoms with Gasteiger partial charge in [0.25, 0.3) is 0 Å². The summed E-state index contributed by atoms with van der Waals surface area (Å²) >= 11 is 0. The molecule has 104 valence electrons. The molecule has 5 nitrogen and oxygen atoms in total. The van der Waals surface area contributed by atoms with Gasteiger partial charge in [-0.3, -0.25) is 4.79 Å². The van der Waals surface area contributed by atoms with E-state index in [0.717, 1.165) is 6.54 Å². The summed E-state index contributed by atoms with van der Waals surface area (Å²) < 4.78 is 15.9. The van der Waals surface area contributed by atoms with Crippen LogP contribution in [-0.2, 0) is 4.74 Å². The van der Waals surface area contributed by atoms with Crippen LogP contribution in [0.2, 0.25) is 0 Å². The molecule has 1 aromatic rings. The number of hydrogen-bond acceptors (Lipinski definition) is 5. The molecule has 0 saturated carbocycles. The maximum absolute atomic E-state index is 12.3. The molecule has 1 N–H and O–H groups in total. The van der Waals surface area contributed by atoms with Gasteiger partial charge in [0.2, 0.25) is 0 Å². The Morgan fingerprint density at radius 1 is 1.42 bits per heavy atom. The van der Waals surface area contributed by atoms with Gasteiger partial charge in [0.1, 0.15) is 11.5 Å². The Hall–Kier alpha value is -1.59. The first-order chi connectivity index (χ1) is 9.24. The highest BCUT2D eigenvalue weighted by atomic mass is 16.5. The van der Waals surface area contributed by atoms with Gasteiger partial charge in [-0.15, -0.1) is 0 Å². The van der Waals surface area contributed by atoms with E-state index in [1.54, 1.807) is 32.4 Å². The maximum atomic E-state index is 12.3. The molecule has 1 aliphatic rings. The fourth-order valence-corrected chi connectivity index (χ4v) is 2.10. The number of rotatable bonds is 5. The highest BCUT2D eigenvalue weighted by molar-refractivity contribution is 5.99. The van der Waals surface area contributed by atoms with Gasteiger partial charge in [-0.25, -0.2) is 0 Å². The third kappa shape index (κ3) is 3.45. The van der Waals surface area contributed by atoms with E-state index in [9.17, 15) is 4.79 Å². The number of ether oxygens (including phenoxy) is 3. The third-order valence-electron chi connectivity index (χ3n) is 3.13. The Labute approximate surface area is 112 Å². The van der Waals surface area contributed by atoms with Crippen LogP contribution in [0.15, 0.2) is 18.2 Å². The van der Waals surface area contributed by atoms with Crippen LogP contribution >= 0.6 is 0 Å². The van der Waals surface area contributed by atoms with Crippen LogP contribution in [0.4, 0.5) is 0 Å². The fourth-order valence-electron chi connectivity index (χ4n) is 2.10. The van der Waals surface area contributed by atoms with Crippen molar-refractivity contribution >= 4 is 5.78 Å². The Morgan fingerprint density at radius 3 is 2.89 bits per heavy atom. The Balaban J connectivity index is 2.09. The van der Waals surface area contributed by atoms with Gasteiger partial charge >= 0.3 is 0 Å². The van der Waals surface area contributed by atoms with Gasteiger partial charge < -0.3 is 19.5 Å². The minimum Gasteiger partial charge on any atom is -0.497 e. The number of hydrogen-bond donors (Lipinski definition) is 1. The molecule has 0 spiro atoms. The number of carbonyl (C=O) groups is 1. The SMILES string of the molecule is COc1ccc(C(=O)CC2CNCCO2)c(OC)c1. The number of ketones is 1. The summed E-state index contributed by atoms with van der Waals surface area (Å²) in [6.07, 6.45) is 0.295. The molecule has 0 aromatic heterocycles. The van der Waals surface area contributed by atoms with Crippen LogP contribution in [0.1, 0.15) is 16.8 Å². The summed E-state index contributed by atoms with van der Waals surface area (Å²) in [5.74, 6) is 1.23. The van der Waals surface area contributed by atoms with E-state index in [4.69, 9.17) is 14.2 Å². The topological polar surface area (TPSA) is 56.8 Å². The molecule has 1 aliphatic heterocycles. The van der Waals surface area contributed by atoms with Crippen molar-refractivity contribution in [2.45, 2.75) is 12.5 Å². The van der Waals surface area contributed by atoms with Crippen molar-refractivity contribution in [3.8, 4) is 11.5 Å². The standard InChI is InChI=1S/C14H19NO4/c1-17-10-3-4-12(14(8-10)18-2)13(16)7-11-9-15-5-6-19-11/h3-4,8,11,15H,5-7,9H2,1-2H3. The molecule has 19 heavy (non-hydrogen) atoms. The zero-order valence-electron chi connectivity index (χ0n) is 11.3. The molecule has 1 unspecified atom stereocenters. The quantitative estimate of drug-likeness (QED) is 0.812. The van der Waals surface area contributed by atoms with Gasteiger partial charge in [0.15, 0.2) is 5.78 Å². The van der Waals surface area contributed by atoms with E-state index < -0.39 is 0 Å². The molecule has 5 heteroatoms. The smallest absolute Gasteiger partial charge is 0.169 e. The molecule has 2 rings (SSSR count). The van der Waals surface area contributed by atoms with Crippen molar-refractivity contribution in [3.05, 3.63) is 23.8 Å². The molecular formula is C14H19NO4. The van der Waals surface area contributed by atoms with Gasteiger partial charge in [0.05, 0.1) is 32.5 Å². The average Bonchev–Trinajstić information content (AvgIpc) is 2.47. The van der Waals surface area contributed by atoms with Crippen molar-refractivity contribution in [1.82, 2.24) is 5.32 Å². The zero-order chi connectivity index (χ0) is 13.7. The molecular weight excluding hydrogens is 246 g/mol. The normalized spacial score (nSPS) is 18.9. The minimum atomic E-state index is -0.0620. The summed E-state index contributed by atoms with van der Waals surface area (Å²) in [5.41, 5.74) is 0.567. The second kappa shape index (κ2) is 6.54. The van der Waals surface area contributed by atoms with E-state index in [1.165, 1.54) is 0 Å². The third-order valence-corrected chi connectivity index (χ3v) is 3.13. The summed E-state index contributed by atoms with van der Waals surface area (Å²) in [4.78, 5) is 12.3. The molecule has 1 atom stereocenters. The monoisotopic (exact) mass is 265 g/mol. The summed E-state index contributed by atoms with van der Waals surface area (Å²) in [6, 6.07) is 5.21. The lowest BCUT2D eigenvalue weighted by Crippen LogP contribution is -2.39. The van der Waals surface area contributed by atoms with E-state index >= 15 is 0 Å². The maximum Gasteiger partial charge on any atom is 0.169 e. The van der Waals surface area contributed by atoms with E-state index in [-0.39, 0.29) is 11.9 Å². The van der Waals surface area contributed by atoms with E-state index in [0.29, 0.717) is 36.6 Å². The second-order valence-electron chi connectivity index (χ2n) is 4.39. The van der Waals surface area contributed by atoms with Gasteiger partial charge in [-0.2, -0.15) is 0 Å². The summed E-state index contributed by atoms with van der Waals surface area (Å²) in [7, 11) is 3.13. The van der Waals surface area contributed by atoms with Crippen LogP contribution in [0.3, 0.4) is 0 Å². The average molecular weight is 265 g/mol. The Kier molecular flexibility index (Phi) is 4.76. The molecule has 0 aliphatic carbocycles. The van der Waals surface area contributed by atoms with E-state index in [1.807, 2.05) is 0 Å². The second-order valence-corrected chi connectivity index (χ2v) is 4.39. The molecule has 0 bridgehead atoms. The van der Waals surface area contributed by atoms with Crippen LogP contribution in [0.5, 0.6) is 11.5 Å². The van der Waals surface area contributed by atoms with Gasteiger partial charge in [-0.05, 0) is 12.1 Å². The predicted molar refractivity (Wildman–Crippen MR) is 71.1 cm³/mol. The molecule has 0 amide bonds. The molecule has 1 saturated heterocycles. The largest absolute Gasteiger partial charge is 0.497 e. The van der Waals surface area contributed by atoms with Gasteiger partial charge in [-0.1, -0.05) is 0 Å². The van der Waals surface area contributed by atoms with Crippen molar-refractivity contribution in [2.75, 3.05) is 33.9 Å². The zero-order valence-corrected chi connectivity index (χ0v) is 11.3. The van der Waals surface area contributed by atoms with Crippen molar-refractivity contribution in [2.24, 2.45) is 0 Å². The molecule has 1 heterocycles. The fraction of sp³-hybridized carbons (Fsp3) is 0.500. The molecule has 0 radical (unpaired) electrons. The number of carbonyl (C=O) groups excluding carboxylic acids is 1. The predicted octanol–water partition coefficient (Wildman–Crippen LogP) is 1.26. The number of benzene rings is 1. The van der Waals surface area contributed by atoms with Crippen LogP contribution in [0.25, 0.3) is 0 Å². The lowest BCUT2D eigenvalue weighted by Gasteiger charge is -2.23. The highest BCUT2D eigenvalue weighted by Gasteiger charge is 2.20. The number of methoxy groups -OCH3 is 2. The highest BCUT2D eigenvalue weighted by Crippen LogP contribution is 2.26. The van der Waals surface area contributed by atoms with Crippen LogP contribution in [-0.4, -0.2) is 45.8 Å². The number of nitrogens with one attached hydrogen (secondary N) is 1. The Bertz CT molecular complexity index is 441. The summed E-state index contributed by atoms with van der Waals surface area (Å²) in [6.45, 7) is 2.21. The first kappa shape index (κ1) is 13.8. The number of morpholine rings is 1.